The summed E-state index contributed by atoms with van der Waals surface area (Å²) in [5.41, 5.74) is 0.0454. The zero-order chi connectivity index (χ0) is 43.4. The number of rotatable bonds is 18. The number of ether oxygens (including phenoxy) is 5. The Hall–Kier alpha value is -3.78. The first-order valence-electron chi connectivity index (χ1n) is 20.7. The van der Waals surface area contributed by atoms with Crippen LogP contribution in [0.4, 0.5) is 0 Å². The van der Waals surface area contributed by atoms with Crippen LogP contribution in [0.2, 0.25) is 0 Å². The first-order valence-corrected chi connectivity index (χ1v) is 20.7. The van der Waals surface area contributed by atoms with Gasteiger partial charge < -0.3 is 39.0 Å². The van der Waals surface area contributed by atoms with Crippen molar-refractivity contribution in [2.75, 3.05) is 27.4 Å². The van der Waals surface area contributed by atoms with Crippen molar-refractivity contribution in [1.82, 2.24) is 0 Å². The van der Waals surface area contributed by atoms with Crippen molar-refractivity contribution in [3.05, 3.63) is 24.3 Å². The molecule has 0 bridgehead atoms. The maximum atomic E-state index is 14.4. The molecule has 0 heterocycles. The minimum atomic E-state index is -1.55. The Bertz CT molecular complexity index is 1600. The van der Waals surface area contributed by atoms with Gasteiger partial charge in [0, 0.05) is 17.8 Å². The summed E-state index contributed by atoms with van der Waals surface area (Å²) >= 11 is 0. The SMILES string of the molecule is C=C1CC[C@H]2C(C)(C)CCC[C@]2(C)[C@H]1CO[C@H](C(=O)OC)[C@H](CC(=O)O)C(=O)O[C@]1(C)CCC[C@]2(C)[C@@H](CO[C@H](CC(=O)OC)[C@@H](CC(=O)O)C(=O)O)C(=C)CC[C@@H]21. The average Bonchev–Trinajstić information content (AvgIpc) is 3.12. The summed E-state index contributed by atoms with van der Waals surface area (Å²) in [7, 11) is 2.31. The van der Waals surface area contributed by atoms with Gasteiger partial charge in [0.15, 0.2) is 6.10 Å². The van der Waals surface area contributed by atoms with Crippen molar-refractivity contribution in [2.45, 2.75) is 136 Å². The lowest BCUT2D eigenvalue weighted by Gasteiger charge is -2.58. The maximum Gasteiger partial charge on any atom is 0.335 e. The topological polar surface area (TPSA) is 209 Å². The number of carbonyl (C=O) groups excluding carboxylic acids is 3. The standard InChI is InChI=1S/C44H66O14/c1-25-12-14-32-41(3,4)16-10-17-42(32,5)30(25)24-57-37(40(53)55-9)28(21-35(47)48)39(52)58-44(7)19-11-18-43(6)29(26(2)13-15-33(43)44)23-56-31(22-36(49)54-8)27(38(50)51)20-34(45)46/h27-33,37H,1-2,10-24H2,3-9H3,(H,45,46)(H,47,48)(H,50,51)/t27-,28+,29+,30+,31-,32+,33+,37+,42-,43-,44-/m1/s1. The zero-order valence-corrected chi connectivity index (χ0v) is 35.5. The molecule has 0 spiro atoms. The maximum absolute atomic E-state index is 14.4. The normalized spacial score (nSPS) is 32.6. The van der Waals surface area contributed by atoms with Crippen molar-refractivity contribution in [3.8, 4) is 0 Å². The van der Waals surface area contributed by atoms with E-state index in [0.717, 1.165) is 50.4 Å². The molecule has 326 valence electrons. The fourth-order valence-electron chi connectivity index (χ4n) is 11.7. The van der Waals surface area contributed by atoms with Crippen molar-refractivity contribution in [3.63, 3.8) is 0 Å². The van der Waals surface area contributed by atoms with E-state index in [1.165, 1.54) is 7.11 Å². The molecule has 0 unspecified atom stereocenters. The van der Waals surface area contributed by atoms with Gasteiger partial charge in [-0.05, 0) is 86.9 Å². The van der Waals surface area contributed by atoms with Gasteiger partial charge in [-0.15, -0.1) is 0 Å². The number of carbonyl (C=O) groups is 6. The molecule has 14 nitrogen and oxygen atoms in total. The molecular formula is C44H66O14. The van der Waals surface area contributed by atoms with Crippen molar-refractivity contribution in [1.29, 1.82) is 0 Å². The molecule has 4 saturated carbocycles. The minimum absolute atomic E-state index is 0.0685. The number of methoxy groups -OCH3 is 2. The molecule has 4 rings (SSSR count). The molecule has 0 aromatic heterocycles. The molecule has 0 aliphatic heterocycles. The van der Waals surface area contributed by atoms with Crippen LogP contribution in [0.5, 0.6) is 0 Å². The minimum Gasteiger partial charge on any atom is -0.481 e. The first-order chi connectivity index (χ1) is 27.0. The van der Waals surface area contributed by atoms with Gasteiger partial charge in [-0.25, -0.2) is 4.79 Å². The lowest BCUT2D eigenvalue weighted by atomic mass is 9.48. The molecular weight excluding hydrogens is 752 g/mol. The molecule has 4 fully saturated rings. The van der Waals surface area contributed by atoms with Gasteiger partial charge in [0.2, 0.25) is 0 Å². The average molecular weight is 819 g/mol. The Kier molecular flexibility index (Phi) is 15.1. The Labute approximate surface area is 342 Å². The Balaban J connectivity index is 1.59. The van der Waals surface area contributed by atoms with E-state index in [1.54, 1.807) is 0 Å². The number of carboxylic acid groups (broad SMARTS) is 3. The highest BCUT2D eigenvalue weighted by atomic mass is 16.6. The predicted octanol–water partition coefficient (Wildman–Crippen LogP) is 6.63. The van der Waals surface area contributed by atoms with E-state index >= 15 is 0 Å². The number of esters is 3. The van der Waals surface area contributed by atoms with Gasteiger partial charge in [0.25, 0.3) is 0 Å². The molecule has 0 radical (unpaired) electrons. The predicted molar refractivity (Wildman–Crippen MR) is 210 cm³/mol. The zero-order valence-electron chi connectivity index (χ0n) is 35.5. The monoisotopic (exact) mass is 818 g/mol. The number of aliphatic carboxylic acids is 3. The van der Waals surface area contributed by atoms with Gasteiger partial charge in [-0.2, -0.15) is 0 Å². The van der Waals surface area contributed by atoms with Gasteiger partial charge in [0.1, 0.15) is 11.5 Å². The third-order valence-corrected chi connectivity index (χ3v) is 14.8. The molecule has 11 atom stereocenters. The fraction of sp³-hybridized carbons (Fsp3) is 0.773. The molecule has 4 aliphatic carbocycles. The van der Waals surface area contributed by atoms with Crippen LogP contribution in [0.15, 0.2) is 24.3 Å². The van der Waals surface area contributed by atoms with Crippen LogP contribution in [0.25, 0.3) is 0 Å². The highest BCUT2D eigenvalue weighted by molar-refractivity contribution is 5.87. The lowest BCUT2D eigenvalue weighted by Crippen LogP contribution is -2.57. The second-order valence-electron chi connectivity index (χ2n) is 18.7. The summed E-state index contributed by atoms with van der Waals surface area (Å²) in [4.78, 5) is 76.3. The van der Waals surface area contributed by atoms with Gasteiger partial charge >= 0.3 is 35.8 Å². The molecule has 4 aliphatic rings. The number of hydrogen-bond donors (Lipinski definition) is 3. The van der Waals surface area contributed by atoms with E-state index in [2.05, 4.69) is 33.9 Å². The van der Waals surface area contributed by atoms with Gasteiger partial charge in [-0.1, -0.05) is 58.4 Å². The molecule has 0 amide bonds. The van der Waals surface area contributed by atoms with Crippen LogP contribution in [-0.2, 0) is 52.5 Å². The van der Waals surface area contributed by atoms with Crippen LogP contribution in [0, 0.1) is 51.8 Å². The summed E-state index contributed by atoms with van der Waals surface area (Å²) < 4.78 is 28.8. The fourth-order valence-corrected chi connectivity index (χ4v) is 11.7. The molecule has 14 heteroatoms. The molecule has 58 heavy (non-hydrogen) atoms. The highest BCUT2D eigenvalue weighted by Crippen LogP contribution is 2.61. The third-order valence-electron chi connectivity index (χ3n) is 14.8. The van der Waals surface area contributed by atoms with Crippen LogP contribution >= 0.6 is 0 Å². The van der Waals surface area contributed by atoms with E-state index in [0.29, 0.717) is 38.0 Å². The molecule has 3 N–H and O–H groups in total. The van der Waals surface area contributed by atoms with Crippen LogP contribution < -0.4 is 0 Å². The Morgan fingerprint density at radius 2 is 1.19 bits per heavy atom. The third kappa shape index (κ3) is 9.97. The van der Waals surface area contributed by atoms with Crippen LogP contribution in [0.3, 0.4) is 0 Å². The number of hydrogen-bond acceptors (Lipinski definition) is 11. The summed E-state index contributed by atoms with van der Waals surface area (Å²) in [5.74, 6) is -10.1. The lowest BCUT2D eigenvalue weighted by molar-refractivity contribution is -0.201. The molecule has 0 aromatic carbocycles. The largest absolute Gasteiger partial charge is 0.481 e. The smallest absolute Gasteiger partial charge is 0.335 e. The quantitative estimate of drug-likeness (QED) is 0.0753. The van der Waals surface area contributed by atoms with E-state index in [9.17, 15) is 44.1 Å². The number of carboxylic acids is 3. The van der Waals surface area contributed by atoms with E-state index < -0.39 is 96.1 Å². The van der Waals surface area contributed by atoms with E-state index in [-0.39, 0.29) is 35.9 Å². The molecule has 0 saturated heterocycles. The summed E-state index contributed by atoms with van der Waals surface area (Å²) in [6.07, 6.45) is 2.89. The van der Waals surface area contributed by atoms with Gasteiger partial charge in [0.05, 0.1) is 58.7 Å². The second kappa shape index (κ2) is 18.6. The van der Waals surface area contributed by atoms with E-state index in [1.807, 2.05) is 13.8 Å². The Morgan fingerprint density at radius 3 is 1.72 bits per heavy atom. The van der Waals surface area contributed by atoms with Crippen LogP contribution in [0.1, 0.15) is 118 Å². The second-order valence-corrected chi connectivity index (χ2v) is 18.7. The first kappa shape index (κ1) is 46.9. The number of fused-ring (bicyclic) bond motifs is 2. The van der Waals surface area contributed by atoms with E-state index in [4.69, 9.17) is 23.7 Å². The summed E-state index contributed by atoms with van der Waals surface area (Å²) in [5, 5.41) is 29.4. The van der Waals surface area contributed by atoms with Crippen molar-refractivity contribution >= 4 is 35.8 Å². The highest BCUT2D eigenvalue weighted by Gasteiger charge is 2.58. The summed E-state index contributed by atoms with van der Waals surface area (Å²) in [6, 6.07) is 0. The van der Waals surface area contributed by atoms with Crippen LogP contribution in [-0.4, -0.2) is 96.4 Å². The van der Waals surface area contributed by atoms with Gasteiger partial charge in [-0.3, -0.25) is 24.0 Å². The summed E-state index contributed by atoms with van der Waals surface area (Å²) in [6.45, 7) is 19.4. The van der Waals surface area contributed by atoms with Crippen molar-refractivity contribution < 1.29 is 67.8 Å². The Morgan fingerprint density at radius 1 is 0.672 bits per heavy atom. The molecule has 0 aromatic rings. The van der Waals surface area contributed by atoms with Crippen molar-refractivity contribution in [2.24, 2.45) is 51.8 Å².